The van der Waals surface area contributed by atoms with Crippen LogP contribution in [0.5, 0.6) is 0 Å². The zero-order chi connectivity index (χ0) is 23.5. The van der Waals surface area contributed by atoms with Gasteiger partial charge in [0, 0.05) is 56.2 Å². The van der Waals surface area contributed by atoms with E-state index in [2.05, 4.69) is 44.8 Å². The highest BCUT2D eigenvalue weighted by atomic mass is 32.1. The Labute approximate surface area is 203 Å². The summed E-state index contributed by atoms with van der Waals surface area (Å²) in [5.74, 6) is -0.791. The third kappa shape index (κ3) is 4.87. The van der Waals surface area contributed by atoms with Crippen LogP contribution in [0, 0.1) is 6.92 Å². The standard InChI is InChI=1S/C25H31N5O3S/c1-18-5-6-19-4-2-7-26-23(19)24(18)29-9-3-8-28(10-11-29)21(16-22(31)32)20-17-34-25(27-20)30-12-14-33-15-13-30/h2,4-7,17,21H,3,8-16H2,1H3,(H,31,32). The first-order valence-corrected chi connectivity index (χ1v) is 12.8. The number of carboxylic acids is 1. The summed E-state index contributed by atoms with van der Waals surface area (Å²) in [6, 6.07) is 8.14. The molecule has 1 atom stereocenters. The number of carboxylic acid groups (broad SMARTS) is 1. The predicted molar refractivity (Wildman–Crippen MR) is 135 cm³/mol. The summed E-state index contributed by atoms with van der Waals surface area (Å²) >= 11 is 1.60. The molecule has 2 aliphatic heterocycles. The number of hydrogen-bond acceptors (Lipinski definition) is 8. The number of benzene rings is 1. The number of aromatic nitrogens is 2. The summed E-state index contributed by atoms with van der Waals surface area (Å²) in [6.45, 7) is 8.58. The Kier molecular flexibility index (Phi) is 6.94. The molecule has 4 heterocycles. The third-order valence-corrected chi connectivity index (χ3v) is 7.66. The van der Waals surface area contributed by atoms with E-state index in [-0.39, 0.29) is 12.5 Å². The van der Waals surface area contributed by atoms with Crippen LogP contribution in [0.2, 0.25) is 0 Å². The number of aryl methyl sites for hydroxylation is 1. The van der Waals surface area contributed by atoms with Gasteiger partial charge >= 0.3 is 5.97 Å². The molecule has 9 heteroatoms. The Morgan fingerprint density at radius 3 is 2.79 bits per heavy atom. The number of hydrogen-bond donors (Lipinski definition) is 1. The first-order valence-electron chi connectivity index (χ1n) is 11.9. The van der Waals surface area contributed by atoms with Crippen LogP contribution >= 0.6 is 11.3 Å². The van der Waals surface area contributed by atoms with Crippen LogP contribution in [0.4, 0.5) is 10.8 Å². The highest BCUT2D eigenvalue weighted by molar-refractivity contribution is 7.13. The lowest BCUT2D eigenvalue weighted by Crippen LogP contribution is -2.36. The Balaban J connectivity index is 1.36. The number of rotatable bonds is 6. The summed E-state index contributed by atoms with van der Waals surface area (Å²) in [4.78, 5) is 28.3. The van der Waals surface area contributed by atoms with Gasteiger partial charge in [-0.2, -0.15) is 0 Å². The number of morpholine rings is 1. The van der Waals surface area contributed by atoms with E-state index in [1.807, 2.05) is 17.6 Å². The average molecular weight is 482 g/mol. The van der Waals surface area contributed by atoms with Crippen molar-refractivity contribution < 1.29 is 14.6 Å². The van der Waals surface area contributed by atoms with Crippen molar-refractivity contribution in [2.24, 2.45) is 0 Å². The van der Waals surface area contributed by atoms with Crippen molar-refractivity contribution in [2.75, 3.05) is 62.3 Å². The molecule has 0 amide bonds. The second-order valence-electron chi connectivity index (χ2n) is 8.95. The Morgan fingerprint density at radius 2 is 1.97 bits per heavy atom. The molecular formula is C25H31N5O3S. The summed E-state index contributed by atoms with van der Waals surface area (Å²) in [7, 11) is 0. The molecule has 0 radical (unpaired) electrons. The van der Waals surface area contributed by atoms with Crippen LogP contribution in [0.3, 0.4) is 0 Å². The van der Waals surface area contributed by atoms with Gasteiger partial charge in [-0.15, -0.1) is 11.3 Å². The van der Waals surface area contributed by atoms with Crippen molar-refractivity contribution >= 4 is 39.0 Å². The quantitative estimate of drug-likeness (QED) is 0.572. The van der Waals surface area contributed by atoms with Crippen LogP contribution in [0.1, 0.15) is 30.1 Å². The minimum absolute atomic E-state index is 0.0567. The van der Waals surface area contributed by atoms with Crippen LogP contribution in [-0.4, -0.2) is 78.4 Å². The molecule has 34 heavy (non-hydrogen) atoms. The van der Waals surface area contributed by atoms with Gasteiger partial charge in [-0.05, 0) is 25.0 Å². The van der Waals surface area contributed by atoms with Crippen LogP contribution < -0.4 is 9.80 Å². The first-order chi connectivity index (χ1) is 16.6. The molecule has 8 nitrogen and oxygen atoms in total. The second kappa shape index (κ2) is 10.2. The zero-order valence-corrected chi connectivity index (χ0v) is 20.3. The molecule has 1 unspecified atom stereocenters. The van der Waals surface area contributed by atoms with Crippen LogP contribution in [-0.2, 0) is 9.53 Å². The number of thiazole rings is 1. The SMILES string of the molecule is Cc1ccc2cccnc2c1N1CCCN(C(CC(=O)O)c2csc(N3CCOCC3)n2)CC1. The van der Waals surface area contributed by atoms with Crippen molar-refractivity contribution in [3.05, 3.63) is 47.1 Å². The summed E-state index contributed by atoms with van der Waals surface area (Å²) in [5, 5.41) is 13.8. The van der Waals surface area contributed by atoms with Crippen molar-refractivity contribution in [1.82, 2.24) is 14.9 Å². The van der Waals surface area contributed by atoms with Gasteiger partial charge in [0.2, 0.25) is 0 Å². The molecule has 2 fully saturated rings. The Bertz CT molecular complexity index is 1150. The maximum atomic E-state index is 11.8. The fraction of sp³-hybridized carbons (Fsp3) is 0.480. The fourth-order valence-corrected chi connectivity index (χ4v) is 5.94. The van der Waals surface area contributed by atoms with Gasteiger partial charge in [-0.25, -0.2) is 4.98 Å². The molecule has 2 aliphatic rings. The molecule has 2 saturated heterocycles. The summed E-state index contributed by atoms with van der Waals surface area (Å²) < 4.78 is 5.46. The normalized spacial score (nSPS) is 18.7. The molecule has 2 aromatic heterocycles. The minimum Gasteiger partial charge on any atom is -0.481 e. The molecule has 3 aromatic rings. The van der Waals surface area contributed by atoms with Gasteiger partial charge in [-0.1, -0.05) is 18.2 Å². The van der Waals surface area contributed by atoms with Gasteiger partial charge in [0.05, 0.1) is 42.6 Å². The third-order valence-electron chi connectivity index (χ3n) is 6.74. The van der Waals surface area contributed by atoms with Gasteiger partial charge < -0.3 is 19.6 Å². The van der Waals surface area contributed by atoms with Gasteiger partial charge in [0.25, 0.3) is 0 Å². The Morgan fingerprint density at radius 1 is 1.12 bits per heavy atom. The number of aliphatic carboxylic acids is 1. The van der Waals surface area contributed by atoms with E-state index in [4.69, 9.17) is 9.72 Å². The smallest absolute Gasteiger partial charge is 0.305 e. The van der Waals surface area contributed by atoms with E-state index < -0.39 is 5.97 Å². The molecule has 0 bridgehead atoms. The largest absolute Gasteiger partial charge is 0.481 e. The number of anilines is 2. The van der Waals surface area contributed by atoms with Gasteiger partial charge in [0.15, 0.2) is 5.13 Å². The highest BCUT2D eigenvalue weighted by Gasteiger charge is 2.29. The van der Waals surface area contributed by atoms with E-state index in [9.17, 15) is 9.90 Å². The lowest BCUT2D eigenvalue weighted by Gasteiger charge is -2.30. The highest BCUT2D eigenvalue weighted by Crippen LogP contribution is 2.33. The molecule has 180 valence electrons. The molecule has 1 N–H and O–H groups in total. The van der Waals surface area contributed by atoms with Crippen molar-refractivity contribution in [1.29, 1.82) is 0 Å². The summed E-state index contributed by atoms with van der Waals surface area (Å²) in [5.41, 5.74) is 4.31. The number of fused-ring (bicyclic) bond motifs is 1. The van der Waals surface area contributed by atoms with E-state index in [1.54, 1.807) is 11.3 Å². The van der Waals surface area contributed by atoms with Crippen LogP contribution in [0.25, 0.3) is 10.9 Å². The maximum Gasteiger partial charge on any atom is 0.305 e. The molecular weight excluding hydrogens is 450 g/mol. The van der Waals surface area contributed by atoms with Crippen LogP contribution in [0.15, 0.2) is 35.8 Å². The lowest BCUT2D eigenvalue weighted by atomic mass is 10.1. The average Bonchev–Trinajstić information content (AvgIpc) is 3.22. The molecule has 0 saturated carbocycles. The monoisotopic (exact) mass is 481 g/mol. The maximum absolute atomic E-state index is 11.8. The Hall–Kier alpha value is -2.75. The van der Waals surface area contributed by atoms with E-state index in [0.29, 0.717) is 13.2 Å². The minimum atomic E-state index is -0.791. The summed E-state index contributed by atoms with van der Waals surface area (Å²) in [6.07, 6.45) is 2.87. The second-order valence-corrected chi connectivity index (χ2v) is 9.79. The van der Waals surface area contributed by atoms with Gasteiger partial charge in [-0.3, -0.25) is 14.7 Å². The number of carbonyl (C=O) groups is 1. The molecule has 1 aromatic carbocycles. The van der Waals surface area contributed by atoms with Crippen molar-refractivity contribution in [3.63, 3.8) is 0 Å². The molecule has 5 rings (SSSR count). The number of pyridine rings is 1. The van der Waals surface area contributed by atoms with Crippen molar-refractivity contribution in [2.45, 2.75) is 25.8 Å². The zero-order valence-electron chi connectivity index (χ0n) is 19.5. The first kappa shape index (κ1) is 23.0. The fourth-order valence-electron chi connectivity index (χ4n) is 5.02. The molecule has 0 aliphatic carbocycles. The predicted octanol–water partition coefficient (Wildman–Crippen LogP) is 3.56. The van der Waals surface area contributed by atoms with E-state index in [1.165, 1.54) is 11.3 Å². The van der Waals surface area contributed by atoms with E-state index in [0.717, 1.165) is 67.4 Å². The molecule has 0 spiro atoms. The van der Waals surface area contributed by atoms with E-state index >= 15 is 0 Å². The van der Waals surface area contributed by atoms with Crippen molar-refractivity contribution in [3.8, 4) is 0 Å². The topological polar surface area (TPSA) is 82.0 Å². The lowest BCUT2D eigenvalue weighted by molar-refractivity contribution is -0.138. The van der Waals surface area contributed by atoms with Gasteiger partial charge in [0.1, 0.15) is 0 Å². The number of ether oxygens (including phenoxy) is 1. The number of nitrogens with zero attached hydrogens (tertiary/aromatic N) is 5.